The highest BCUT2D eigenvalue weighted by atomic mass is 16.6. The number of hydrogen-bond acceptors (Lipinski definition) is 8. The van der Waals surface area contributed by atoms with E-state index in [2.05, 4.69) is 90.2 Å². The van der Waals surface area contributed by atoms with Crippen molar-refractivity contribution in [3.8, 4) is 0 Å². The van der Waals surface area contributed by atoms with Crippen LogP contribution in [0.25, 0.3) is 6.08 Å². The number of nitrogens with zero attached hydrogens (tertiary/aromatic N) is 1. The Hall–Kier alpha value is -5.21. The van der Waals surface area contributed by atoms with Gasteiger partial charge in [-0.3, -0.25) is 0 Å². The molecular formula is C70H156N5O8+5. The molecule has 0 spiro atoms. The SMILES string of the molecule is C.C.C.C.C.C.C.C.C.C.C.C.C.C.C.C.C.C.C=C(C)C(=O)OC[NH+](C)CC.C=C(C)C(=O)OC[NH+]1CCC(CC)CC1.C=C(C)C(=O)OC[n+]1ccc(C2CC[NH+](COC(=O)C(=C)C)CC2)cc1.C=Cc1ccc(C[NH+](C)CC)cc1. The number of carbonyl (C=O) groups is 4. The number of aromatic nitrogens is 1. The van der Waals surface area contributed by atoms with Gasteiger partial charge in [-0.25, -0.2) is 19.2 Å². The van der Waals surface area contributed by atoms with E-state index in [1.165, 1.54) is 62.1 Å². The molecule has 0 bridgehead atoms. The second-order valence-corrected chi connectivity index (χ2v) is 17.4. The second-order valence-electron chi connectivity index (χ2n) is 17.4. The van der Waals surface area contributed by atoms with Crippen molar-refractivity contribution in [3.05, 3.63) is 121 Å². The predicted molar refractivity (Wildman–Crippen MR) is 377 cm³/mol. The van der Waals surface area contributed by atoms with E-state index in [0.29, 0.717) is 48.4 Å². The van der Waals surface area contributed by atoms with Gasteiger partial charge < -0.3 is 38.5 Å². The van der Waals surface area contributed by atoms with Crippen LogP contribution in [0, 0.1) is 5.92 Å². The fraction of sp³-hybridized carbons (Fsp3) is 0.643. The fourth-order valence-corrected chi connectivity index (χ4v) is 6.47. The first-order valence-electron chi connectivity index (χ1n) is 23.1. The van der Waals surface area contributed by atoms with Crippen LogP contribution in [0.15, 0.2) is 104 Å². The van der Waals surface area contributed by atoms with Gasteiger partial charge in [-0.2, -0.15) is 4.57 Å². The van der Waals surface area contributed by atoms with E-state index in [4.69, 9.17) is 18.9 Å². The predicted octanol–water partition coefficient (Wildman–Crippen LogP) is 14.1. The minimum Gasteiger partial charge on any atom is -0.412 e. The Balaban J connectivity index is -0.0000000414. The van der Waals surface area contributed by atoms with E-state index in [9.17, 15) is 19.2 Å². The Morgan fingerprint density at radius 1 is 0.518 bits per heavy atom. The van der Waals surface area contributed by atoms with E-state index in [-0.39, 0.29) is 164 Å². The number of rotatable bonds is 19. The van der Waals surface area contributed by atoms with E-state index in [1.54, 1.807) is 27.7 Å². The number of likely N-dealkylation sites (tertiary alicyclic amines) is 2. The minimum absolute atomic E-state index is 0. The zero-order valence-corrected chi connectivity index (χ0v) is 41.4. The topological polar surface area (TPSA) is 127 Å². The highest BCUT2D eigenvalue weighted by Gasteiger charge is 2.25. The molecule has 1 aromatic heterocycles. The maximum absolute atomic E-state index is 11.5. The first-order valence-corrected chi connectivity index (χ1v) is 23.1. The largest absolute Gasteiger partial charge is 0.412 e. The standard InChI is InChI=1S/C20H27N2O4.C12H21NO2.C12H17N.C8H15NO2.18CH4/c1-15(2)19(23)25-13-21-9-5-17(6-10-21)18-7-11-22(12-8-18)14-26-20(24)16(3)4;1-4-11-5-7-13(8-6-11)9-15-12(14)10(2)3;1-4-11-6-8-12(9-7-11)10-13(3)5-2;1-5-9(4)6-11-8(10)7(2)3;;;;;;;;;;;;;;;;;;/h5-6,9-10,18H,1,3,7-8,11-14H2,2,4H3;11H,2,4-9H2,1,3H3;4,6-9H,1,5,10H2,2-3H3;2,5-6H2,1,3-4H3;18*1H4/q+1;;;;;;;;;;;;;;;;;;;;;/p+4. The number of piperidine rings is 2. The van der Waals surface area contributed by atoms with E-state index < -0.39 is 0 Å². The van der Waals surface area contributed by atoms with Crippen molar-refractivity contribution >= 4 is 30.0 Å². The molecule has 83 heavy (non-hydrogen) atoms. The lowest BCUT2D eigenvalue weighted by molar-refractivity contribution is -0.923. The van der Waals surface area contributed by atoms with Crippen LogP contribution in [0.1, 0.15) is 237 Å². The maximum atomic E-state index is 11.5. The molecule has 2 saturated heterocycles. The van der Waals surface area contributed by atoms with Crippen LogP contribution in [0.4, 0.5) is 0 Å². The molecule has 0 amide bonds. The number of ether oxygens (including phenoxy) is 4. The van der Waals surface area contributed by atoms with Crippen molar-refractivity contribution in [2.24, 2.45) is 5.92 Å². The molecular weight excluding hydrogens is 1040 g/mol. The molecule has 13 heteroatoms. The summed E-state index contributed by atoms with van der Waals surface area (Å²) in [7, 11) is 4.17. The molecule has 3 heterocycles. The highest BCUT2D eigenvalue weighted by molar-refractivity contribution is 5.88. The van der Waals surface area contributed by atoms with Gasteiger partial charge in [-0.05, 0) is 77.3 Å². The Kier molecular flexibility index (Phi) is 113. The quantitative estimate of drug-likeness (QED) is 0.0360. The molecule has 2 atom stereocenters. The van der Waals surface area contributed by atoms with Crippen LogP contribution in [0.3, 0.4) is 0 Å². The third-order valence-electron chi connectivity index (χ3n) is 11.4. The Morgan fingerprint density at radius 2 is 0.855 bits per heavy atom. The summed E-state index contributed by atoms with van der Waals surface area (Å²) < 4.78 is 22.2. The molecule has 13 nitrogen and oxygen atoms in total. The molecule has 2 aliphatic heterocycles. The number of benzene rings is 1. The van der Waals surface area contributed by atoms with Gasteiger partial charge in [-0.15, -0.1) is 0 Å². The summed E-state index contributed by atoms with van der Waals surface area (Å²) in [5.41, 5.74) is 5.64. The molecule has 0 aliphatic carbocycles. The van der Waals surface area contributed by atoms with Crippen molar-refractivity contribution in [2.45, 2.75) is 233 Å². The molecule has 2 unspecified atom stereocenters. The fourth-order valence-electron chi connectivity index (χ4n) is 6.47. The van der Waals surface area contributed by atoms with Gasteiger partial charge in [0.05, 0.1) is 53.4 Å². The number of nitrogens with one attached hydrogen (secondary N) is 4. The zero-order chi connectivity index (χ0) is 48.9. The van der Waals surface area contributed by atoms with E-state index in [0.717, 1.165) is 58.0 Å². The van der Waals surface area contributed by atoms with Gasteiger partial charge in [0.15, 0.2) is 12.4 Å². The molecule has 0 saturated carbocycles. The van der Waals surface area contributed by atoms with Gasteiger partial charge in [0.1, 0.15) is 6.54 Å². The van der Waals surface area contributed by atoms with Crippen LogP contribution >= 0.6 is 0 Å². The lowest BCUT2D eigenvalue weighted by Crippen LogP contribution is -3.13. The molecule has 4 rings (SSSR count). The van der Waals surface area contributed by atoms with Gasteiger partial charge in [0.2, 0.25) is 20.2 Å². The van der Waals surface area contributed by atoms with Crippen molar-refractivity contribution < 1.29 is 62.3 Å². The Morgan fingerprint density at radius 3 is 1.18 bits per heavy atom. The molecule has 2 fully saturated rings. The van der Waals surface area contributed by atoms with E-state index in [1.807, 2.05) is 37.0 Å². The molecule has 2 aliphatic rings. The molecule has 504 valence electrons. The van der Waals surface area contributed by atoms with Gasteiger partial charge in [0, 0.05) is 52.8 Å². The minimum atomic E-state index is -0.385. The zero-order valence-electron chi connectivity index (χ0n) is 41.4. The van der Waals surface area contributed by atoms with Crippen molar-refractivity contribution in [2.75, 3.05) is 73.6 Å². The first-order chi connectivity index (χ1) is 30.8. The highest BCUT2D eigenvalue weighted by Crippen LogP contribution is 2.23. The average Bonchev–Trinajstić information content (AvgIpc) is 3.31. The molecule has 2 aromatic rings. The summed E-state index contributed by atoms with van der Waals surface area (Å²) in [4.78, 5) is 50.3. The number of hydrogen-bond donors (Lipinski definition) is 4. The van der Waals surface area contributed by atoms with Crippen LogP contribution in [-0.4, -0.2) is 97.4 Å². The number of esters is 4. The van der Waals surface area contributed by atoms with Crippen LogP contribution in [0.5, 0.6) is 0 Å². The Labute approximate surface area is 523 Å². The van der Waals surface area contributed by atoms with Crippen LogP contribution in [-0.2, 0) is 51.4 Å². The average molecular weight is 1200 g/mol. The summed E-state index contributed by atoms with van der Waals surface area (Å²) >= 11 is 0. The second kappa shape index (κ2) is 72.9. The van der Waals surface area contributed by atoms with Gasteiger partial charge >= 0.3 is 23.9 Å². The Bertz CT molecular complexity index is 1820. The normalized spacial score (nSPS) is 14.4. The summed E-state index contributed by atoms with van der Waals surface area (Å²) in [6, 6.07) is 12.7. The summed E-state index contributed by atoms with van der Waals surface area (Å²) in [5, 5.41) is 0. The monoisotopic (exact) mass is 1200 g/mol. The summed E-state index contributed by atoms with van der Waals surface area (Å²) in [5.74, 6) is 0.107. The van der Waals surface area contributed by atoms with Crippen molar-refractivity contribution in [1.29, 1.82) is 0 Å². The van der Waals surface area contributed by atoms with Gasteiger partial charge in [-0.1, -0.05) is 210 Å². The third kappa shape index (κ3) is 57.0. The maximum Gasteiger partial charge on any atom is 0.337 e. The summed E-state index contributed by atoms with van der Waals surface area (Å²) in [6.07, 6.45) is 11.6. The van der Waals surface area contributed by atoms with Crippen LogP contribution in [0.2, 0.25) is 0 Å². The third-order valence-corrected chi connectivity index (χ3v) is 11.4. The smallest absolute Gasteiger partial charge is 0.337 e. The first kappa shape index (κ1) is 128. The summed E-state index contributed by atoms with van der Waals surface area (Å²) in [6.45, 7) is 39.9. The van der Waals surface area contributed by atoms with Crippen molar-refractivity contribution in [3.63, 3.8) is 0 Å². The molecule has 1 aromatic carbocycles. The number of quaternary nitrogens is 4. The molecule has 4 N–H and O–H groups in total. The lowest BCUT2D eigenvalue weighted by Gasteiger charge is -2.28. The number of carbonyl (C=O) groups excluding carboxylic acids is 4. The van der Waals surface area contributed by atoms with Crippen LogP contribution < -0.4 is 24.2 Å². The van der Waals surface area contributed by atoms with Crippen molar-refractivity contribution in [1.82, 2.24) is 0 Å². The molecule has 0 radical (unpaired) electrons. The lowest BCUT2D eigenvalue weighted by atomic mass is 9.90. The number of pyridine rings is 1. The van der Waals surface area contributed by atoms with Gasteiger partial charge in [0.25, 0.3) is 6.73 Å². The van der Waals surface area contributed by atoms with E-state index >= 15 is 0 Å².